The van der Waals surface area contributed by atoms with Crippen LogP contribution in [0.15, 0.2) is 18.5 Å². The zero-order valence-electron chi connectivity index (χ0n) is 7.96. The van der Waals surface area contributed by atoms with E-state index in [1.54, 1.807) is 0 Å². The average Bonchev–Trinajstić information content (AvgIpc) is 2.47. The van der Waals surface area contributed by atoms with Crippen LogP contribution < -0.4 is 5.73 Å². The molecule has 1 heterocycles. The quantitative estimate of drug-likeness (QED) is 0.725. The summed E-state index contributed by atoms with van der Waals surface area (Å²) in [6, 6.07) is 2.52. The second-order valence-corrected chi connectivity index (χ2v) is 3.39. The first kappa shape index (κ1) is 9.33. The fourth-order valence-corrected chi connectivity index (χ4v) is 1.27. The minimum absolute atomic E-state index is 0.366. The average molecular weight is 166 g/mol. The van der Waals surface area contributed by atoms with Crippen LogP contribution >= 0.6 is 0 Å². The molecule has 0 aliphatic rings. The lowest BCUT2D eigenvalue weighted by Gasteiger charge is -2.06. The Balaban J connectivity index is 2.33. The van der Waals surface area contributed by atoms with Gasteiger partial charge in [0.05, 0.1) is 0 Å². The first-order valence-electron chi connectivity index (χ1n) is 4.58. The molecule has 68 valence electrons. The highest BCUT2D eigenvalue weighted by Gasteiger charge is 2.00. The summed E-state index contributed by atoms with van der Waals surface area (Å²) in [5.74, 6) is 0. The molecule has 2 N–H and O–H groups in total. The highest BCUT2D eigenvalue weighted by molar-refractivity contribution is 5.10. The Bertz CT molecular complexity index is 227. The van der Waals surface area contributed by atoms with Crippen molar-refractivity contribution >= 4 is 0 Å². The number of nitrogens with two attached hydrogens (primary N) is 1. The number of hydrogen-bond acceptors (Lipinski definition) is 1. The van der Waals surface area contributed by atoms with Gasteiger partial charge in [-0.2, -0.15) is 0 Å². The highest BCUT2D eigenvalue weighted by Crippen LogP contribution is 2.05. The third-order valence-corrected chi connectivity index (χ3v) is 2.22. The molecule has 0 saturated carbocycles. The van der Waals surface area contributed by atoms with Gasteiger partial charge in [0.2, 0.25) is 0 Å². The SMILES string of the molecule is CCC(N)CCc1ccn(C)c1. The second kappa shape index (κ2) is 4.31. The van der Waals surface area contributed by atoms with Gasteiger partial charge in [-0.15, -0.1) is 0 Å². The first-order valence-corrected chi connectivity index (χ1v) is 4.58. The summed E-state index contributed by atoms with van der Waals surface area (Å²) < 4.78 is 2.08. The molecular weight excluding hydrogens is 148 g/mol. The van der Waals surface area contributed by atoms with Crippen molar-refractivity contribution in [1.29, 1.82) is 0 Å². The van der Waals surface area contributed by atoms with Gasteiger partial charge in [-0.05, 0) is 30.9 Å². The minimum atomic E-state index is 0.366. The Kier molecular flexibility index (Phi) is 3.35. The van der Waals surface area contributed by atoms with Crippen LogP contribution in [-0.4, -0.2) is 10.6 Å². The number of nitrogens with zero attached hydrogens (tertiary/aromatic N) is 1. The largest absolute Gasteiger partial charge is 0.357 e. The molecule has 0 aromatic carbocycles. The van der Waals surface area contributed by atoms with Gasteiger partial charge in [0.25, 0.3) is 0 Å². The Hall–Kier alpha value is -0.760. The normalized spacial score (nSPS) is 13.2. The molecule has 0 amide bonds. The van der Waals surface area contributed by atoms with E-state index in [0.717, 1.165) is 19.3 Å². The molecule has 0 aliphatic carbocycles. The van der Waals surface area contributed by atoms with Gasteiger partial charge in [0, 0.05) is 25.5 Å². The van der Waals surface area contributed by atoms with Crippen molar-refractivity contribution in [3.63, 3.8) is 0 Å². The third kappa shape index (κ3) is 2.70. The number of hydrogen-bond donors (Lipinski definition) is 1. The summed E-state index contributed by atoms with van der Waals surface area (Å²) in [7, 11) is 2.04. The van der Waals surface area contributed by atoms with Gasteiger partial charge < -0.3 is 10.3 Å². The predicted molar refractivity (Wildman–Crippen MR) is 52.0 cm³/mol. The topological polar surface area (TPSA) is 30.9 Å². The maximum Gasteiger partial charge on any atom is 0.0106 e. The van der Waals surface area contributed by atoms with Crippen LogP contribution in [0.2, 0.25) is 0 Å². The predicted octanol–water partition coefficient (Wildman–Crippen LogP) is 1.70. The summed E-state index contributed by atoms with van der Waals surface area (Å²) in [6.07, 6.45) is 7.51. The number of aryl methyl sites for hydroxylation is 2. The van der Waals surface area contributed by atoms with Crippen LogP contribution in [-0.2, 0) is 13.5 Å². The van der Waals surface area contributed by atoms with E-state index in [4.69, 9.17) is 5.73 Å². The summed E-state index contributed by atoms with van der Waals surface area (Å²) in [5.41, 5.74) is 7.21. The molecule has 0 bridgehead atoms. The standard InChI is InChI=1S/C10H18N2/c1-3-10(11)5-4-9-6-7-12(2)8-9/h6-8,10H,3-5,11H2,1-2H3. The van der Waals surface area contributed by atoms with E-state index in [2.05, 4.69) is 30.0 Å². The van der Waals surface area contributed by atoms with E-state index >= 15 is 0 Å². The molecule has 0 spiro atoms. The van der Waals surface area contributed by atoms with E-state index in [9.17, 15) is 0 Å². The van der Waals surface area contributed by atoms with Crippen molar-refractivity contribution in [2.75, 3.05) is 0 Å². The second-order valence-electron chi connectivity index (χ2n) is 3.39. The fraction of sp³-hybridized carbons (Fsp3) is 0.600. The maximum atomic E-state index is 5.82. The molecule has 1 aromatic rings. The summed E-state index contributed by atoms with van der Waals surface area (Å²) in [6.45, 7) is 2.13. The van der Waals surface area contributed by atoms with Gasteiger partial charge >= 0.3 is 0 Å². The smallest absolute Gasteiger partial charge is 0.0106 e. The van der Waals surface area contributed by atoms with Crippen molar-refractivity contribution in [3.05, 3.63) is 24.0 Å². The molecule has 0 radical (unpaired) electrons. The van der Waals surface area contributed by atoms with Gasteiger partial charge in [0.1, 0.15) is 0 Å². The van der Waals surface area contributed by atoms with Crippen LogP contribution in [0.1, 0.15) is 25.3 Å². The van der Waals surface area contributed by atoms with Crippen LogP contribution in [0.3, 0.4) is 0 Å². The van der Waals surface area contributed by atoms with Gasteiger partial charge in [-0.3, -0.25) is 0 Å². The van der Waals surface area contributed by atoms with Crippen LogP contribution in [0.4, 0.5) is 0 Å². The number of aromatic nitrogens is 1. The van der Waals surface area contributed by atoms with Gasteiger partial charge in [-0.25, -0.2) is 0 Å². The zero-order chi connectivity index (χ0) is 8.97. The van der Waals surface area contributed by atoms with E-state index in [-0.39, 0.29) is 0 Å². The van der Waals surface area contributed by atoms with E-state index < -0.39 is 0 Å². The molecule has 1 rings (SSSR count). The molecule has 1 atom stereocenters. The zero-order valence-corrected chi connectivity index (χ0v) is 7.96. The van der Waals surface area contributed by atoms with Gasteiger partial charge in [-0.1, -0.05) is 6.92 Å². The Morgan fingerprint density at radius 1 is 1.58 bits per heavy atom. The van der Waals surface area contributed by atoms with E-state index in [0.29, 0.717) is 6.04 Å². The van der Waals surface area contributed by atoms with E-state index in [1.807, 2.05) is 7.05 Å². The van der Waals surface area contributed by atoms with Crippen molar-refractivity contribution in [1.82, 2.24) is 4.57 Å². The van der Waals surface area contributed by atoms with Crippen molar-refractivity contribution in [2.45, 2.75) is 32.2 Å². The number of rotatable bonds is 4. The fourth-order valence-electron chi connectivity index (χ4n) is 1.27. The van der Waals surface area contributed by atoms with Crippen LogP contribution in [0.25, 0.3) is 0 Å². The van der Waals surface area contributed by atoms with E-state index in [1.165, 1.54) is 5.56 Å². The minimum Gasteiger partial charge on any atom is -0.357 e. The molecule has 12 heavy (non-hydrogen) atoms. The highest BCUT2D eigenvalue weighted by atomic mass is 14.9. The lowest BCUT2D eigenvalue weighted by molar-refractivity contribution is 0.596. The van der Waals surface area contributed by atoms with Crippen molar-refractivity contribution < 1.29 is 0 Å². The molecule has 2 heteroatoms. The molecule has 0 aliphatic heterocycles. The van der Waals surface area contributed by atoms with Crippen molar-refractivity contribution in [3.8, 4) is 0 Å². The lowest BCUT2D eigenvalue weighted by atomic mass is 10.1. The molecule has 2 nitrogen and oxygen atoms in total. The Morgan fingerprint density at radius 3 is 2.83 bits per heavy atom. The third-order valence-electron chi connectivity index (χ3n) is 2.22. The Morgan fingerprint density at radius 2 is 2.33 bits per heavy atom. The van der Waals surface area contributed by atoms with Crippen molar-refractivity contribution in [2.24, 2.45) is 12.8 Å². The summed E-state index contributed by atoms with van der Waals surface area (Å²) >= 11 is 0. The Labute approximate surface area is 74.4 Å². The maximum absolute atomic E-state index is 5.82. The first-order chi connectivity index (χ1) is 5.72. The molecule has 1 unspecified atom stereocenters. The molecule has 0 saturated heterocycles. The lowest BCUT2D eigenvalue weighted by Crippen LogP contribution is -2.18. The van der Waals surface area contributed by atoms with Gasteiger partial charge in [0.15, 0.2) is 0 Å². The van der Waals surface area contributed by atoms with Crippen LogP contribution in [0, 0.1) is 0 Å². The molecule has 1 aromatic heterocycles. The molecular formula is C10H18N2. The molecule has 0 fully saturated rings. The summed E-state index contributed by atoms with van der Waals surface area (Å²) in [4.78, 5) is 0. The van der Waals surface area contributed by atoms with Crippen LogP contribution in [0.5, 0.6) is 0 Å². The monoisotopic (exact) mass is 166 g/mol. The summed E-state index contributed by atoms with van der Waals surface area (Å²) in [5, 5.41) is 0.